The van der Waals surface area contributed by atoms with Crippen molar-refractivity contribution in [3.63, 3.8) is 0 Å². The molecule has 50 heavy (non-hydrogen) atoms. The molecule has 2 aromatic rings. The fourth-order valence-corrected chi connectivity index (χ4v) is 9.95. The predicted molar refractivity (Wildman–Crippen MR) is 175 cm³/mol. The summed E-state index contributed by atoms with van der Waals surface area (Å²) in [6.07, 6.45) is 2.51. The summed E-state index contributed by atoms with van der Waals surface area (Å²) >= 11 is 0. The number of aromatic nitrogens is 4. The third-order valence-corrected chi connectivity index (χ3v) is 12.2. The Morgan fingerprint density at radius 2 is 1.52 bits per heavy atom. The third-order valence-electron chi connectivity index (χ3n) is 9.81. The van der Waals surface area contributed by atoms with Crippen molar-refractivity contribution in [3.05, 3.63) is 12.7 Å². The van der Waals surface area contributed by atoms with Gasteiger partial charge in [-0.3, -0.25) is 14.2 Å². The summed E-state index contributed by atoms with van der Waals surface area (Å²) in [7, 11) is -3.99. The first-order chi connectivity index (χ1) is 23.1. The Balaban J connectivity index is 1.22. The molecule has 2 heterocycles. The summed E-state index contributed by atoms with van der Waals surface area (Å²) in [4.78, 5) is 38.9. The molecule has 0 amide bonds. The second-order valence-corrected chi connectivity index (χ2v) is 17.8. The van der Waals surface area contributed by atoms with Gasteiger partial charge in [0.1, 0.15) is 29.3 Å². The lowest BCUT2D eigenvalue weighted by molar-refractivity contribution is -0.213. The first-order valence-corrected chi connectivity index (χ1v) is 18.8. The quantitative estimate of drug-likeness (QED) is 0.120. The molecule has 0 saturated heterocycles. The number of fused-ring (bicyclic) bond motifs is 1. The van der Waals surface area contributed by atoms with Gasteiger partial charge in [-0.2, -0.15) is 0 Å². The SMILES string of the molecule is C[C@H](Cn1cnc2c(N)ncnc21)OCP(=O)(NC(C)(C)C(=O)OCC1CCC(F)(F)CC1)NC(C)(C)C(=O)OCC1CC2(C1)CC(F)(F)C2. The number of carbonyl (C=O) groups is 2. The van der Waals surface area contributed by atoms with Gasteiger partial charge in [-0.15, -0.1) is 0 Å². The van der Waals surface area contributed by atoms with Crippen LogP contribution in [0.5, 0.6) is 0 Å². The van der Waals surface area contributed by atoms with Crippen LogP contribution in [0.25, 0.3) is 11.2 Å². The number of ether oxygens (including phenoxy) is 3. The van der Waals surface area contributed by atoms with Crippen LogP contribution in [0, 0.1) is 17.3 Å². The predicted octanol–water partition coefficient (Wildman–Crippen LogP) is 5.44. The highest BCUT2D eigenvalue weighted by Crippen LogP contribution is 2.64. The van der Waals surface area contributed by atoms with E-state index >= 15 is 0 Å². The first kappa shape index (κ1) is 38.4. The standard InChI is InChI=1S/C32H48F4N7O6P/c1-20(12-43-18-40-23-24(37)38-17-39-25(23)43)49-19-50(46,41-28(2,3)26(44)47-13-21-6-8-31(33,34)9-7-21)42-29(4,5)27(45)48-14-22-10-30(11-22)15-32(35,36)16-30/h17-18,20-22H,6-16,19H2,1-5H3,(H2,37,38,39)(H2,41,42,46)/t20-,50?/m1/s1. The van der Waals surface area contributed by atoms with Crippen molar-refractivity contribution in [1.82, 2.24) is 29.7 Å². The number of nitrogens with one attached hydrogen (secondary N) is 2. The molecule has 1 unspecified atom stereocenters. The Morgan fingerprint density at radius 1 is 0.960 bits per heavy atom. The van der Waals surface area contributed by atoms with Crippen LogP contribution in [0.2, 0.25) is 0 Å². The van der Waals surface area contributed by atoms with Crippen molar-refractivity contribution in [1.29, 1.82) is 0 Å². The minimum atomic E-state index is -3.99. The van der Waals surface area contributed by atoms with Crippen molar-refractivity contribution in [2.75, 3.05) is 25.3 Å². The lowest BCUT2D eigenvalue weighted by atomic mass is 9.50. The molecule has 1 spiro atoms. The molecule has 5 rings (SSSR count). The second kappa shape index (κ2) is 13.9. The van der Waals surface area contributed by atoms with E-state index < -0.39 is 54.8 Å². The topological polar surface area (TPSA) is 173 Å². The molecule has 18 heteroatoms. The summed E-state index contributed by atoms with van der Waals surface area (Å²) in [6, 6.07) is 0. The van der Waals surface area contributed by atoms with Gasteiger partial charge in [0.2, 0.25) is 19.3 Å². The van der Waals surface area contributed by atoms with E-state index in [1.165, 1.54) is 40.3 Å². The van der Waals surface area contributed by atoms with Gasteiger partial charge in [-0.25, -0.2) is 42.7 Å². The molecule has 3 aliphatic rings. The van der Waals surface area contributed by atoms with E-state index in [4.69, 9.17) is 19.9 Å². The third kappa shape index (κ3) is 9.12. The molecule has 0 radical (unpaired) electrons. The molecule has 0 aliphatic heterocycles. The van der Waals surface area contributed by atoms with E-state index in [-0.39, 0.29) is 81.4 Å². The number of hydrogen-bond donors (Lipinski definition) is 3. The minimum Gasteiger partial charge on any atom is -0.464 e. The molecule has 0 aromatic carbocycles. The molecule has 3 saturated carbocycles. The fourth-order valence-electron chi connectivity index (χ4n) is 7.31. The number of nitrogen functional groups attached to an aromatic ring is 1. The second-order valence-electron chi connectivity index (χ2n) is 15.6. The van der Waals surface area contributed by atoms with Crippen molar-refractivity contribution < 1.29 is 45.9 Å². The van der Waals surface area contributed by atoms with Crippen molar-refractivity contribution in [2.45, 2.75) is 122 Å². The molecule has 3 aliphatic carbocycles. The van der Waals surface area contributed by atoms with Crippen LogP contribution in [-0.2, 0) is 34.9 Å². The Labute approximate surface area is 288 Å². The van der Waals surface area contributed by atoms with Crippen LogP contribution in [0.15, 0.2) is 12.7 Å². The molecule has 4 N–H and O–H groups in total. The molecule has 0 bridgehead atoms. The number of rotatable bonds is 15. The summed E-state index contributed by atoms with van der Waals surface area (Å²) in [5, 5.41) is 5.70. The lowest BCUT2D eigenvalue weighted by Gasteiger charge is -2.57. The van der Waals surface area contributed by atoms with Crippen LogP contribution in [0.3, 0.4) is 0 Å². The fraction of sp³-hybridized carbons (Fsp3) is 0.781. The summed E-state index contributed by atoms with van der Waals surface area (Å²) in [5.74, 6) is -6.86. The highest BCUT2D eigenvalue weighted by atomic mass is 31.2. The average molecular weight is 734 g/mol. The van der Waals surface area contributed by atoms with Crippen molar-refractivity contribution in [3.8, 4) is 0 Å². The summed E-state index contributed by atoms with van der Waals surface area (Å²) < 4.78 is 87.4. The Kier molecular flexibility index (Phi) is 10.7. The van der Waals surface area contributed by atoms with Gasteiger partial charge in [0, 0.05) is 25.7 Å². The zero-order valence-corrected chi connectivity index (χ0v) is 30.0. The summed E-state index contributed by atoms with van der Waals surface area (Å²) in [5.41, 5.74) is 3.32. The molecular formula is C32H48F4N7O6P. The minimum absolute atomic E-state index is 0.0380. The number of anilines is 1. The van der Waals surface area contributed by atoms with Crippen LogP contribution in [0.1, 0.15) is 86.0 Å². The molecule has 280 valence electrons. The average Bonchev–Trinajstić information content (AvgIpc) is 3.39. The maximum absolute atomic E-state index is 14.6. The number of halogens is 4. The molecule has 3 fully saturated rings. The van der Waals surface area contributed by atoms with E-state index in [0.29, 0.717) is 24.0 Å². The summed E-state index contributed by atoms with van der Waals surface area (Å²) in [6.45, 7) is 7.84. The highest BCUT2D eigenvalue weighted by molar-refractivity contribution is 7.59. The Bertz CT molecular complexity index is 1600. The van der Waals surface area contributed by atoms with Gasteiger partial charge in [-0.1, -0.05) is 0 Å². The highest BCUT2D eigenvalue weighted by Gasteiger charge is 2.61. The number of hydrogen-bond acceptors (Lipinski definition) is 10. The van der Waals surface area contributed by atoms with Gasteiger partial charge in [-0.05, 0) is 77.6 Å². The number of carbonyl (C=O) groups excluding carboxylic acids is 2. The van der Waals surface area contributed by atoms with Crippen LogP contribution in [0.4, 0.5) is 23.4 Å². The molecule has 2 aromatic heterocycles. The van der Waals surface area contributed by atoms with Gasteiger partial charge >= 0.3 is 11.9 Å². The van der Waals surface area contributed by atoms with E-state index in [0.717, 1.165) is 0 Å². The zero-order valence-electron chi connectivity index (χ0n) is 29.1. The monoisotopic (exact) mass is 733 g/mol. The van der Waals surface area contributed by atoms with Gasteiger partial charge in [0.05, 0.1) is 32.2 Å². The number of esters is 2. The van der Waals surface area contributed by atoms with E-state index in [1.54, 1.807) is 11.5 Å². The van der Waals surface area contributed by atoms with E-state index in [1.807, 2.05) is 0 Å². The van der Waals surface area contributed by atoms with E-state index in [9.17, 15) is 31.7 Å². The maximum Gasteiger partial charge on any atom is 0.326 e. The van der Waals surface area contributed by atoms with Crippen LogP contribution in [-0.4, -0.2) is 80.0 Å². The first-order valence-electron chi connectivity index (χ1n) is 16.9. The molecule has 2 atom stereocenters. The van der Waals surface area contributed by atoms with Crippen molar-refractivity contribution >= 4 is 36.4 Å². The van der Waals surface area contributed by atoms with E-state index in [2.05, 4.69) is 25.1 Å². The number of alkyl halides is 4. The van der Waals surface area contributed by atoms with Crippen LogP contribution >= 0.6 is 7.44 Å². The number of nitrogens with zero attached hydrogens (tertiary/aromatic N) is 4. The largest absolute Gasteiger partial charge is 0.464 e. The van der Waals surface area contributed by atoms with Crippen LogP contribution < -0.4 is 15.9 Å². The van der Waals surface area contributed by atoms with Gasteiger partial charge in [0.15, 0.2) is 11.5 Å². The normalized spacial score (nSPS) is 22.3. The molecule has 13 nitrogen and oxygen atoms in total. The van der Waals surface area contributed by atoms with Gasteiger partial charge in [0.25, 0.3) is 0 Å². The van der Waals surface area contributed by atoms with Gasteiger partial charge < -0.3 is 24.5 Å². The molecular weight excluding hydrogens is 685 g/mol. The number of nitrogens with two attached hydrogens (primary N) is 1. The Morgan fingerprint density at radius 3 is 2.08 bits per heavy atom. The maximum atomic E-state index is 14.6. The lowest BCUT2D eigenvalue weighted by Crippen LogP contribution is -2.55. The smallest absolute Gasteiger partial charge is 0.326 e. The van der Waals surface area contributed by atoms with Crippen molar-refractivity contribution in [2.24, 2.45) is 17.3 Å². The zero-order chi connectivity index (χ0) is 36.8. The Hall–Kier alpha value is -2.88. The number of imidazole rings is 1.